The molecule has 128 valence electrons. The highest BCUT2D eigenvalue weighted by Crippen LogP contribution is 2.32. The average Bonchev–Trinajstić information content (AvgIpc) is 3.23. The number of hydrogen-bond donors (Lipinski definition) is 2. The van der Waals surface area contributed by atoms with Gasteiger partial charge in [0.1, 0.15) is 0 Å². The third-order valence-electron chi connectivity index (χ3n) is 5.22. The molecular weight excluding hydrogens is 322 g/mol. The molecule has 7 heteroatoms. The van der Waals surface area contributed by atoms with Gasteiger partial charge >= 0.3 is 0 Å². The Balaban J connectivity index is 1.40. The number of aromatic nitrogens is 3. The summed E-state index contributed by atoms with van der Waals surface area (Å²) < 4.78 is 1.90. The lowest BCUT2D eigenvalue weighted by Crippen LogP contribution is -2.28. The lowest BCUT2D eigenvalue weighted by atomic mass is 9.87. The van der Waals surface area contributed by atoms with Gasteiger partial charge in [-0.3, -0.25) is 9.48 Å². The van der Waals surface area contributed by atoms with Crippen molar-refractivity contribution >= 4 is 22.4 Å². The van der Waals surface area contributed by atoms with Crippen LogP contribution in [0.1, 0.15) is 41.3 Å². The van der Waals surface area contributed by atoms with Gasteiger partial charge in [-0.1, -0.05) is 0 Å². The minimum atomic E-state index is 0.0131. The van der Waals surface area contributed by atoms with Crippen molar-refractivity contribution in [2.45, 2.75) is 38.0 Å². The van der Waals surface area contributed by atoms with Gasteiger partial charge in [-0.05, 0) is 50.3 Å². The van der Waals surface area contributed by atoms with Crippen LogP contribution in [0.15, 0.2) is 12.4 Å². The number of carbonyl (C=O) groups is 1. The molecule has 2 aliphatic rings. The molecule has 6 nitrogen and oxygen atoms in total. The summed E-state index contributed by atoms with van der Waals surface area (Å²) in [7, 11) is 1.95. The van der Waals surface area contributed by atoms with Crippen molar-refractivity contribution in [3.05, 3.63) is 28.5 Å². The number of anilines is 1. The van der Waals surface area contributed by atoms with Crippen LogP contribution in [0, 0.1) is 5.92 Å². The molecule has 0 saturated carbocycles. The van der Waals surface area contributed by atoms with Crippen LogP contribution in [0.4, 0.5) is 5.13 Å². The highest BCUT2D eigenvalue weighted by molar-refractivity contribution is 7.15. The number of thiazole rings is 1. The minimum Gasteiger partial charge on any atom is -0.317 e. The molecule has 4 rings (SSSR count). The van der Waals surface area contributed by atoms with Crippen LogP contribution in [0.3, 0.4) is 0 Å². The van der Waals surface area contributed by atoms with Crippen molar-refractivity contribution in [3.8, 4) is 0 Å². The van der Waals surface area contributed by atoms with Crippen molar-refractivity contribution in [2.24, 2.45) is 13.0 Å². The van der Waals surface area contributed by atoms with E-state index in [0.29, 0.717) is 5.92 Å². The molecule has 2 N–H and O–H groups in total. The second kappa shape index (κ2) is 6.64. The maximum absolute atomic E-state index is 12.6. The summed E-state index contributed by atoms with van der Waals surface area (Å²) in [5.41, 5.74) is 2.47. The minimum absolute atomic E-state index is 0.0131. The Morgan fingerprint density at radius 3 is 3.00 bits per heavy atom. The van der Waals surface area contributed by atoms with Gasteiger partial charge in [-0.15, -0.1) is 11.3 Å². The quantitative estimate of drug-likeness (QED) is 0.893. The number of amides is 1. The van der Waals surface area contributed by atoms with E-state index >= 15 is 0 Å². The molecule has 0 bridgehead atoms. The van der Waals surface area contributed by atoms with Crippen molar-refractivity contribution in [2.75, 3.05) is 18.4 Å². The summed E-state index contributed by atoms with van der Waals surface area (Å²) in [5, 5.41) is 11.5. The third-order valence-corrected chi connectivity index (χ3v) is 6.29. The fourth-order valence-corrected chi connectivity index (χ4v) is 4.70. The van der Waals surface area contributed by atoms with E-state index in [0.717, 1.165) is 50.3 Å². The summed E-state index contributed by atoms with van der Waals surface area (Å²) >= 11 is 1.63. The van der Waals surface area contributed by atoms with Gasteiger partial charge < -0.3 is 10.6 Å². The lowest BCUT2D eigenvalue weighted by molar-refractivity contribution is -0.120. The Bertz CT molecular complexity index is 731. The van der Waals surface area contributed by atoms with E-state index in [1.807, 2.05) is 24.1 Å². The van der Waals surface area contributed by atoms with Crippen molar-refractivity contribution in [1.82, 2.24) is 20.1 Å². The second-order valence-corrected chi connectivity index (χ2v) is 7.82. The van der Waals surface area contributed by atoms with Crippen molar-refractivity contribution < 1.29 is 4.79 Å². The Morgan fingerprint density at radius 1 is 1.33 bits per heavy atom. The largest absolute Gasteiger partial charge is 0.317 e. The van der Waals surface area contributed by atoms with Gasteiger partial charge in [0, 0.05) is 36.2 Å². The molecule has 0 aromatic carbocycles. The predicted molar refractivity (Wildman–Crippen MR) is 94.3 cm³/mol. The number of aryl methyl sites for hydroxylation is 2. The first-order chi connectivity index (χ1) is 11.7. The summed E-state index contributed by atoms with van der Waals surface area (Å²) in [5.74, 6) is 0.688. The standard InChI is InChI=1S/C17H23N5OS/c1-22-14-8-12(2-3-13(14)9-20-22)16(23)21-17-19-10-15(24-17)11-4-6-18-7-5-11/h9-12,18H,2-8H2,1H3,(H,19,21,23). The Morgan fingerprint density at radius 2 is 2.17 bits per heavy atom. The number of nitrogens with zero attached hydrogens (tertiary/aromatic N) is 3. The Hall–Kier alpha value is -1.73. The normalized spacial score (nSPS) is 21.5. The monoisotopic (exact) mass is 345 g/mol. The maximum Gasteiger partial charge on any atom is 0.229 e. The van der Waals surface area contributed by atoms with Gasteiger partial charge in [0.15, 0.2) is 5.13 Å². The molecule has 2 aromatic heterocycles. The molecule has 1 aliphatic heterocycles. The average molecular weight is 345 g/mol. The van der Waals surface area contributed by atoms with Gasteiger partial charge in [-0.2, -0.15) is 5.10 Å². The summed E-state index contributed by atoms with van der Waals surface area (Å²) in [6, 6.07) is 0. The number of hydrogen-bond acceptors (Lipinski definition) is 5. The highest BCUT2D eigenvalue weighted by Gasteiger charge is 2.27. The van der Waals surface area contributed by atoms with Gasteiger partial charge in [0.2, 0.25) is 5.91 Å². The molecule has 2 aromatic rings. The summed E-state index contributed by atoms with van der Waals surface area (Å²) in [4.78, 5) is 18.3. The third kappa shape index (κ3) is 3.10. The Labute approximate surface area is 145 Å². The van der Waals surface area contributed by atoms with Crippen LogP contribution in [0.25, 0.3) is 0 Å². The molecule has 1 amide bonds. The maximum atomic E-state index is 12.6. The first-order valence-corrected chi connectivity index (χ1v) is 9.49. The Kier molecular flexibility index (Phi) is 4.37. The molecule has 3 heterocycles. The molecule has 1 unspecified atom stereocenters. The molecule has 1 atom stereocenters. The number of carbonyl (C=O) groups excluding carboxylic acids is 1. The van der Waals surface area contributed by atoms with E-state index in [-0.39, 0.29) is 11.8 Å². The van der Waals surface area contributed by atoms with E-state index in [4.69, 9.17) is 0 Å². The highest BCUT2D eigenvalue weighted by atomic mass is 32.1. The zero-order valence-electron chi connectivity index (χ0n) is 13.9. The first kappa shape index (κ1) is 15.8. The second-order valence-electron chi connectivity index (χ2n) is 6.76. The van der Waals surface area contributed by atoms with E-state index in [9.17, 15) is 4.79 Å². The number of piperidine rings is 1. The van der Waals surface area contributed by atoms with Crippen LogP contribution in [0.5, 0.6) is 0 Å². The smallest absolute Gasteiger partial charge is 0.229 e. The predicted octanol–water partition coefficient (Wildman–Crippen LogP) is 2.09. The van der Waals surface area contributed by atoms with Crippen molar-refractivity contribution in [3.63, 3.8) is 0 Å². The molecule has 24 heavy (non-hydrogen) atoms. The van der Waals surface area contributed by atoms with E-state index < -0.39 is 0 Å². The molecule has 1 aliphatic carbocycles. The van der Waals surface area contributed by atoms with Crippen LogP contribution in [-0.4, -0.2) is 33.8 Å². The van der Waals surface area contributed by atoms with E-state index in [1.165, 1.54) is 16.1 Å². The van der Waals surface area contributed by atoms with Crippen LogP contribution in [-0.2, 0) is 24.7 Å². The van der Waals surface area contributed by atoms with Gasteiger partial charge in [-0.25, -0.2) is 4.98 Å². The molecule has 0 spiro atoms. The van der Waals surface area contributed by atoms with Gasteiger partial charge in [0.25, 0.3) is 0 Å². The van der Waals surface area contributed by atoms with E-state index in [1.54, 1.807) is 11.3 Å². The molecule has 1 saturated heterocycles. The number of nitrogens with one attached hydrogen (secondary N) is 2. The first-order valence-electron chi connectivity index (χ1n) is 8.68. The summed E-state index contributed by atoms with van der Waals surface area (Å²) in [6.45, 7) is 2.14. The van der Waals surface area contributed by atoms with Crippen LogP contribution < -0.4 is 10.6 Å². The molecule has 0 radical (unpaired) electrons. The lowest BCUT2D eigenvalue weighted by Gasteiger charge is -2.21. The van der Waals surface area contributed by atoms with Crippen LogP contribution in [0.2, 0.25) is 0 Å². The number of fused-ring (bicyclic) bond motifs is 1. The molecule has 1 fully saturated rings. The molecular formula is C17H23N5OS. The van der Waals surface area contributed by atoms with Crippen LogP contribution >= 0.6 is 11.3 Å². The zero-order valence-corrected chi connectivity index (χ0v) is 14.7. The SMILES string of the molecule is Cn1ncc2c1CC(C(=O)Nc1ncc(C3CCNCC3)s1)CC2. The fourth-order valence-electron chi connectivity index (χ4n) is 3.72. The van der Waals surface area contributed by atoms with Gasteiger partial charge in [0.05, 0.1) is 6.20 Å². The van der Waals surface area contributed by atoms with E-state index in [2.05, 4.69) is 20.7 Å². The fraction of sp³-hybridized carbons (Fsp3) is 0.588. The summed E-state index contributed by atoms with van der Waals surface area (Å²) in [6.07, 6.45) is 8.76. The number of rotatable bonds is 3. The zero-order chi connectivity index (χ0) is 16.5. The van der Waals surface area contributed by atoms with Crippen molar-refractivity contribution in [1.29, 1.82) is 0 Å². The topological polar surface area (TPSA) is 71.8 Å².